The van der Waals surface area contributed by atoms with E-state index < -0.39 is 0 Å². The molecule has 0 aromatic heterocycles. The molecule has 0 aliphatic heterocycles. The summed E-state index contributed by atoms with van der Waals surface area (Å²) < 4.78 is 11.0. The van der Waals surface area contributed by atoms with E-state index in [2.05, 4.69) is 13.0 Å². The van der Waals surface area contributed by atoms with Crippen LogP contribution in [0.4, 0.5) is 0 Å². The number of unbranched alkanes of at least 4 members (excludes halogenated alkanes) is 1. The summed E-state index contributed by atoms with van der Waals surface area (Å²) in [5.74, 6) is 0.858. The van der Waals surface area contributed by atoms with E-state index in [9.17, 15) is 4.79 Å². The summed E-state index contributed by atoms with van der Waals surface area (Å²) in [6.07, 6.45) is 4.33. The van der Waals surface area contributed by atoms with E-state index in [1.165, 1.54) is 6.42 Å². The molecule has 3 nitrogen and oxygen atoms in total. The fourth-order valence-electron chi connectivity index (χ4n) is 2.83. The van der Waals surface area contributed by atoms with Crippen LogP contribution in [0.3, 0.4) is 0 Å². The second-order valence-corrected chi connectivity index (χ2v) is 6.77. The third-order valence-electron chi connectivity index (χ3n) is 4.28. The monoisotopic (exact) mass is 374 g/mol. The van der Waals surface area contributed by atoms with E-state index in [1.807, 2.05) is 30.3 Å². The number of halogens is 1. The van der Waals surface area contributed by atoms with Crippen molar-refractivity contribution in [2.45, 2.75) is 39.5 Å². The zero-order chi connectivity index (χ0) is 18.8. The molecule has 2 aromatic carbocycles. The average molecular weight is 375 g/mol. The van der Waals surface area contributed by atoms with Gasteiger partial charge >= 0.3 is 5.97 Å². The van der Waals surface area contributed by atoms with Gasteiger partial charge in [0, 0.05) is 5.02 Å². The molecule has 0 spiro atoms. The highest BCUT2D eigenvalue weighted by Crippen LogP contribution is 2.23. The van der Waals surface area contributed by atoms with Gasteiger partial charge in [0.1, 0.15) is 5.75 Å². The zero-order valence-electron chi connectivity index (χ0n) is 15.5. The Hall–Kier alpha value is -2.00. The summed E-state index contributed by atoms with van der Waals surface area (Å²) in [5, 5.41) is 0.813. The molecular weight excluding hydrogens is 348 g/mol. The van der Waals surface area contributed by atoms with Crippen LogP contribution in [0.15, 0.2) is 48.5 Å². The highest BCUT2D eigenvalue weighted by molar-refractivity contribution is 6.31. The second-order valence-electron chi connectivity index (χ2n) is 6.36. The molecule has 26 heavy (non-hydrogen) atoms. The van der Waals surface area contributed by atoms with E-state index in [0.29, 0.717) is 24.7 Å². The first kappa shape index (κ1) is 20.3. The molecule has 140 valence electrons. The van der Waals surface area contributed by atoms with Crippen LogP contribution in [0.25, 0.3) is 0 Å². The standard InChI is InChI=1S/C22H27ClO3/c1-3-5-8-17(15-19-9-6-7-10-21(19)23)16-26-20-13-11-18(12-14-20)22(24)25-4-2/h6-7,9-14,17H,3-5,8,15-16H2,1-2H3. The van der Waals surface area contributed by atoms with Crippen molar-refractivity contribution in [2.24, 2.45) is 5.92 Å². The first-order chi connectivity index (χ1) is 12.6. The minimum Gasteiger partial charge on any atom is -0.493 e. The van der Waals surface area contributed by atoms with Gasteiger partial charge in [-0.15, -0.1) is 0 Å². The number of carbonyl (C=O) groups is 1. The summed E-state index contributed by atoms with van der Waals surface area (Å²) in [6.45, 7) is 4.99. The predicted octanol–water partition coefficient (Wildman–Crippen LogP) is 5.94. The topological polar surface area (TPSA) is 35.5 Å². The van der Waals surface area contributed by atoms with Gasteiger partial charge in [-0.1, -0.05) is 49.6 Å². The molecule has 0 bridgehead atoms. The fraction of sp³-hybridized carbons (Fsp3) is 0.409. The quantitative estimate of drug-likeness (QED) is 0.482. The Labute approximate surface area is 161 Å². The fourth-order valence-corrected chi connectivity index (χ4v) is 3.04. The largest absolute Gasteiger partial charge is 0.493 e. The molecule has 0 N–H and O–H groups in total. The number of rotatable bonds is 10. The van der Waals surface area contributed by atoms with Crippen LogP contribution in [0.1, 0.15) is 49.0 Å². The van der Waals surface area contributed by atoms with Gasteiger partial charge in [0.15, 0.2) is 0 Å². The molecule has 0 aliphatic carbocycles. The van der Waals surface area contributed by atoms with Crippen molar-refractivity contribution in [3.8, 4) is 5.75 Å². The summed E-state index contributed by atoms with van der Waals surface area (Å²) in [5.41, 5.74) is 1.70. The Kier molecular flexibility index (Phi) is 8.49. The number of ether oxygens (including phenoxy) is 2. The lowest BCUT2D eigenvalue weighted by atomic mass is 9.95. The summed E-state index contributed by atoms with van der Waals surface area (Å²) in [6, 6.07) is 15.1. The van der Waals surface area contributed by atoms with Gasteiger partial charge in [-0.2, -0.15) is 0 Å². The molecule has 0 amide bonds. The highest BCUT2D eigenvalue weighted by Gasteiger charge is 2.13. The molecule has 1 atom stereocenters. The van der Waals surface area contributed by atoms with Gasteiger partial charge in [0.2, 0.25) is 0 Å². The molecule has 2 rings (SSSR count). The van der Waals surface area contributed by atoms with Crippen LogP contribution < -0.4 is 4.74 Å². The Morgan fingerprint density at radius 1 is 1.08 bits per heavy atom. The molecule has 0 fully saturated rings. The summed E-state index contributed by atoms with van der Waals surface area (Å²) >= 11 is 6.31. The number of benzene rings is 2. The molecule has 4 heteroatoms. The van der Waals surface area contributed by atoms with Gasteiger partial charge in [-0.3, -0.25) is 0 Å². The molecule has 0 aliphatic rings. The highest BCUT2D eigenvalue weighted by atomic mass is 35.5. The number of hydrogen-bond acceptors (Lipinski definition) is 3. The Bertz CT molecular complexity index is 682. The van der Waals surface area contributed by atoms with E-state index >= 15 is 0 Å². The van der Waals surface area contributed by atoms with Crippen molar-refractivity contribution in [3.63, 3.8) is 0 Å². The van der Waals surface area contributed by atoms with E-state index in [-0.39, 0.29) is 5.97 Å². The smallest absolute Gasteiger partial charge is 0.338 e. The third kappa shape index (κ3) is 6.38. The van der Waals surface area contributed by atoms with Crippen LogP contribution >= 0.6 is 11.6 Å². The van der Waals surface area contributed by atoms with Crippen LogP contribution in [-0.4, -0.2) is 19.2 Å². The first-order valence-electron chi connectivity index (χ1n) is 9.27. The van der Waals surface area contributed by atoms with Gasteiger partial charge in [0.25, 0.3) is 0 Å². The lowest BCUT2D eigenvalue weighted by molar-refractivity contribution is 0.0526. The lowest BCUT2D eigenvalue weighted by Crippen LogP contribution is -2.15. The van der Waals surface area contributed by atoms with Gasteiger partial charge in [-0.05, 0) is 61.6 Å². The van der Waals surface area contributed by atoms with E-state index in [0.717, 1.165) is 35.6 Å². The Morgan fingerprint density at radius 3 is 2.46 bits per heavy atom. The van der Waals surface area contributed by atoms with Crippen molar-refractivity contribution in [2.75, 3.05) is 13.2 Å². The van der Waals surface area contributed by atoms with Gasteiger partial charge < -0.3 is 9.47 Å². The third-order valence-corrected chi connectivity index (χ3v) is 4.65. The minimum atomic E-state index is -0.307. The maximum absolute atomic E-state index is 11.7. The summed E-state index contributed by atoms with van der Waals surface area (Å²) in [4.78, 5) is 11.7. The SMILES string of the molecule is CCCCC(COc1ccc(C(=O)OCC)cc1)Cc1ccccc1Cl. The first-order valence-corrected chi connectivity index (χ1v) is 9.65. The maximum atomic E-state index is 11.7. The van der Waals surface area contributed by atoms with Crippen molar-refractivity contribution >= 4 is 17.6 Å². The molecule has 2 aromatic rings. The van der Waals surface area contributed by atoms with Crippen molar-refractivity contribution < 1.29 is 14.3 Å². The normalized spacial score (nSPS) is 11.8. The van der Waals surface area contributed by atoms with E-state index in [4.69, 9.17) is 21.1 Å². The molecular formula is C22H27ClO3. The van der Waals surface area contributed by atoms with Gasteiger partial charge in [0.05, 0.1) is 18.8 Å². The van der Waals surface area contributed by atoms with Crippen molar-refractivity contribution in [1.82, 2.24) is 0 Å². The molecule has 0 heterocycles. The van der Waals surface area contributed by atoms with Crippen LogP contribution in [0.2, 0.25) is 5.02 Å². The van der Waals surface area contributed by atoms with Crippen molar-refractivity contribution in [1.29, 1.82) is 0 Å². The number of esters is 1. The van der Waals surface area contributed by atoms with Crippen LogP contribution in [-0.2, 0) is 11.2 Å². The van der Waals surface area contributed by atoms with Gasteiger partial charge in [-0.25, -0.2) is 4.79 Å². The van der Waals surface area contributed by atoms with E-state index in [1.54, 1.807) is 19.1 Å². The zero-order valence-corrected chi connectivity index (χ0v) is 16.3. The van der Waals surface area contributed by atoms with Crippen molar-refractivity contribution in [3.05, 3.63) is 64.7 Å². The van der Waals surface area contributed by atoms with Crippen LogP contribution in [0, 0.1) is 5.92 Å². The lowest BCUT2D eigenvalue weighted by Gasteiger charge is -2.18. The average Bonchev–Trinajstić information content (AvgIpc) is 2.66. The minimum absolute atomic E-state index is 0.307. The maximum Gasteiger partial charge on any atom is 0.338 e. The van der Waals surface area contributed by atoms with Crippen LogP contribution in [0.5, 0.6) is 5.75 Å². The predicted molar refractivity (Wildman–Crippen MR) is 106 cm³/mol. The molecule has 1 unspecified atom stereocenters. The second kappa shape index (κ2) is 10.9. The Balaban J connectivity index is 1.95. The number of hydrogen-bond donors (Lipinski definition) is 0. The Morgan fingerprint density at radius 2 is 1.81 bits per heavy atom. The molecule has 0 saturated heterocycles. The molecule has 0 radical (unpaired) electrons. The molecule has 0 saturated carbocycles. The number of carbonyl (C=O) groups excluding carboxylic acids is 1. The summed E-state index contributed by atoms with van der Waals surface area (Å²) in [7, 11) is 0.